The fourth-order valence-corrected chi connectivity index (χ4v) is 2.99. The van der Waals surface area contributed by atoms with E-state index >= 15 is 0 Å². The van der Waals surface area contributed by atoms with Crippen molar-refractivity contribution < 1.29 is 19.3 Å². The van der Waals surface area contributed by atoms with Crippen molar-refractivity contribution in [2.45, 2.75) is 0 Å². The summed E-state index contributed by atoms with van der Waals surface area (Å²) in [5.41, 5.74) is -0.293. The maximum Gasteiger partial charge on any atom is 0.270 e. The smallest absolute Gasteiger partial charge is 0.270 e. The minimum atomic E-state index is -0.718. The highest BCUT2D eigenvalue weighted by Crippen LogP contribution is 2.26. The molecular formula is C13H10N4O5S. The molecule has 23 heavy (non-hydrogen) atoms. The number of benzene rings is 1. The Morgan fingerprint density at radius 2 is 2.09 bits per heavy atom. The molecule has 10 heteroatoms. The molecule has 1 N–H and O–H groups in total. The van der Waals surface area contributed by atoms with Crippen LogP contribution in [0.25, 0.3) is 0 Å². The summed E-state index contributed by atoms with van der Waals surface area (Å²) in [6.45, 7) is 0.149. The number of hydrogen-bond donors (Lipinski definition) is 1. The van der Waals surface area contributed by atoms with Gasteiger partial charge in [-0.25, -0.2) is 0 Å². The quantitative estimate of drug-likeness (QED) is 0.485. The van der Waals surface area contributed by atoms with Crippen LogP contribution < -0.4 is 5.32 Å². The van der Waals surface area contributed by atoms with Crippen LogP contribution in [0.4, 0.5) is 5.69 Å². The van der Waals surface area contributed by atoms with E-state index in [9.17, 15) is 24.5 Å². The second kappa shape index (κ2) is 5.80. The number of nitro benzene ring substituents is 1. The first-order valence-electron chi connectivity index (χ1n) is 6.59. The van der Waals surface area contributed by atoms with Crippen molar-refractivity contribution in [3.63, 3.8) is 0 Å². The highest BCUT2D eigenvalue weighted by Gasteiger charge is 2.37. The molecule has 2 heterocycles. The van der Waals surface area contributed by atoms with Crippen LogP contribution in [0, 0.1) is 10.1 Å². The lowest BCUT2D eigenvalue weighted by atomic mass is 10.1. The van der Waals surface area contributed by atoms with Crippen molar-refractivity contribution >= 4 is 40.3 Å². The monoisotopic (exact) mass is 334 g/mol. The molecule has 118 valence electrons. The van der Waals surface area contributed by atoms with Crippen molar-refractivity contribution in [3.8, 4) is 0 Å². The molecule has 0 radical (unpaired) electrons. The first-order chi connectivity index (χ1) is 11.0. The number of amides is 3. The Hall–Kier alpha value is -2.75. The van der Waals surface area contributed by atoms with E-state index in [0.717, 1.165) is 22.8 Å². The number of nitro groups is 1. The normalized spacial score (nSPS) is 16.3. The van der Waals surface area contributed by atoms with E-state index in [2.05, 4.69) is 10.3 Å². The third-order valence-corrected chi connectivity index (χ3v) is 4.19. The number of aliphatic imine (C=N–C) groups is 1. The van der Waals surface area contributed by atoms with Crippen molar-refractivity contribution in [2.24, 2.45) is 4.99 Å². The van der Waals surface area contributed by atoms with E-state index < -0.39 is 29.2 Å². The van der Waals surface area contributed by atoms with Crippen LogP contribution in [-0.2, 0) is 4.79 Å². The fourth-order valence-electron chi connectivity index (χ4n) is 2.25. The Kier molecular flexibility index (Phi) is 3.82. The van der Waals surface area contributed by atoms with Gasteiger partial charge in [0.1, 0.15) is 6.54 Å². The van der Waals surface area contributed by atoms with Gasteiger partial charge < -0.3 is 5.32 Å². The lowest BCUT2D eigenvalue weighted by Gasteiger charge is -2.13. The summed E-state index contributed by atoms with van der Waals surface area (Å²) in [4.78, 5) is 51.2. The molecule has 0 saturated carbocycles. The van der Waals surface area contributed by atoms with Crippen LogP contribution in [0.1, 0.15) is 20.7 Å². The third-order valence-electron chi connectivity index (χ3n) is 3.30. The van der Waals surface area contributed by atoms with Crippen molar-refractivity contribution in [2.75, 3.05) is 18.8 Å². The average Bonchev–Trinajstić information content (AvgIpc) is 3.10. The molecule has 3 rings (SSSR count). The second-order valence-electron chi connectivity index (χ2n) is 4.77. The molecule has 0 atom stereocenters. The van der Waals surface area contributed by atoms with Gasteiger partial charge in [-0.2, -0.15) is 0 Å². The Balaban J connectivity index is 1.77. The summed E-state index contributed by atoms with van der Waals surface area (Å²) in [7, 11) is 0. The summed E-state index contributed by atoms with van der Waals surface area (Å²) in [5.74, 6) is -1.13. The van der Waals surface area contributed by atoms with E-state index in [-0.39, 0.29) is 16.8 Å². The number of fused-ring (bicyclic) bond motifs is 1. The van der Waals surface area contributed by atoms with Gasteiger partial charge in [-0.05, 0) is 6.07 Å². The van der Waals surface area contributed by atoms with E-state index in [1.54, 1.807) is 0 Å². The van der Waals surface area contributed by atoms with Crippen molar-refractivity contribution in [1.29, 1.82) is 0 Å². The lowest BCUT2D eigenvalue weighted by molar-refractivity contribution is -0.384. The highest BCUT2D eigenvalue weighted by molar-refractivity contribution is 8.14. The summed E-state index contributed by atoms with van der Waals surface area (Å²) < 4.78 is 0. The minimum Gasteiger partial charge on any atom is -0.304 e. The number of hydrogen-bond acceptors (Lipinski definition) is 7. The molecule has 2 aliphatic rings. The van der Waals surface area contributed by atoms with E-state index in [4.69, 9.17) is 0 Å². The molecule has 3 amide bonds. The zero-order chi connectivity index (χ0) is 16.6. The second-order valence-corrected chi connectivity index (χ2v) is 5.85. The maximum atomic E-state index is 12.2. The summed E-state index contributed by atoms with van der Waals surface area (Å²) in [6, 6.07) is 3.42. The first-order valence-corrected chi connectivity index (χ1v) is 7.57. The fraction of sp³-hybridized carbons (Fsp3) is 0.231. The van der Waals surface area contributed by atoms with Gasteiger partial charge in [0.2, 0.25) is 5.91 Å². The zero-order valence-corrected chi connectivity index (χ0v) is 12.5. The SMILES string of the molecule is O=C(CN1C(=O)c2ccc([N+](=O)[O-])cc2C1=O)NC1=NCCS1. The molecule has 0 saturated heterocycles. The molecule has 0 bridgehead atoms. The zero-order valence-electron chi connectivity index (χ0n) is 11.6. The van der Waals surface area contributed by atoms with Gasteiger partial charge in [-0.1, -0.05) is 11.8 Å². The van der Waals surface area contributed by atoms with Gasteiger partial charge in [0.15, 0.2) is 5.17 Å². The molecule has 0 aromatic heterocycles. The topological polar surface area (TPSA) is 122 Å². The molecule has 9 nitrogen and oxygen atoms in total. The van der Waals surface area contributed by atoms with E-state index in [1.165, 1.54) is 17.8 Å². The number of amidine groups is 1. The largest absolute Gasteiger partial charge is 0.304 e. The van der Waals surface area contributed by atoms with Crippen molar-refractivity contribution in [3.05, 3.63) is 39.4 Å². The number of carbonyl (C=O) groups is 3. The standard InChI is InChI=1S/C13H10N4O5S/c18-10(15-13-14-3-4-23-13)6-16-11(19)8-2-1-7(17(21)22)5-9(8)12(16)20/h1-2,5H,3-4,6H2,(H,14,15,18). The number of nitrogens with one attached hydrogen (secondary N) is 1. The van der Waals surface area contributed by atoms with Crippen LogP contribution >= 0.6 is 11.8 Å². The molecule has 0 fully saturated rings. The number of carbonyl (C=O) groups excluding carboxylic acids is 3. The Bertz CT molecular complexity index is 776. The number of nitrogens with zero attached hydrogens (tertiary/aromatic N) is 3. The summed E-state index contributed by atoms with van der Waals surface area (Å²) >= 11 is 1.38. The van der Waals surface area contributed by atoms with Gasteiger partial charge in [0.25, 0.3) is 17.5 Å². The molecule has 1 aromatic rings. The highest BCUT2D eigenvalue weighted by atomic mass is 32.2. The van der Waals surface area contributed by atoms with Gasteiger partial charge >= 0.3 is 0 Å². The van der Waals surface area contributed by atoms with Crippen LogP contribution in [0.15, 0.2) is 23.2 Å². The summed E-state index contributed by atoms with van der Waals surface area (Å²) in [5, 5.41) is 13.7. The molecule has 0 spiro atoms. The van der Waals surface area contributed by atoms with Crippen molar-refractivity contribution in [1.82, 2.24) is 10.2 Å². The molecule has 0 aliphatic carbocycles. The molecule has 2 aliphatic heterocycles. The van der Waals surface area contributed by atoms with E-state index in [1.807, 2.05) is 0 Å². The number of imide groups is 1. The number of rotatable bonds is 3. The summed E-state index contributed by atoms with van der Waals surface area (Å²) in [6.07, 6.45) is 0. The van der Waals surface area contributed by atoms with Crippen LogP contribution in [0.3, 0.4) is 0 Å². The Labute approximate surface area is 133 Å². The number of thioether (sulfide) groups is 1. The average molecular weight is 334 g/mol. The Morgan fingerprint density at radius 3 is 2.74 bits per heavy atom. The maximum absolute atomic E-state index is 12.2. The number of non-ortho nitro benzene ring substituents is 1. The Morgan fingerprint density at radius 1 is 1.35 bits per heavy atom. The van der Waals surface area contributed by atoms with Crippen LogP contribution in [-0.4, -0.2) is 51.6 Å². The third kappa shape index (κ3) is 2.80. The predicted octanol–water partition coefficient (Wildman–Crippen LogP) is 0.410. The van der Waals surface area contributed by atoms with Gasteiger partial charge in [-0.3, -0.25) is 34.4 Å². The minimum absolute atomic E-state index is 0.0565. The lowest BCUT2D eigenvalue weighted by Crippen LogP contribution is -2.41. The van der Waals surface area contributed by atoms with E-state index in [0.29, 0.717) is 11.7 Å². The first kappa shape index (κ1) is 15.2. The molecule has 1 aromatic carbocycles. The molecular weight excluding hydrogens is 324 g/mol. The van der Waals surface area contributed by atoms with Crippen LogP contribution in [0.5, 0.6) is 0 Å². The van der Waals surface area contributed by atoms with Gasteiger partial charge in [0, 0.05) is 17.9 Å². The van der Waals surface area contributed by atoms with Crippen LogP contribution in [0.2, 0.25) is 0 Å². The van der Waals surface area contributed by atoms with Gasteiger partial charge in [-0.15, -0.1) is 0 Å². The van der Waals surface area contributed by atoms with Gasteiger partial charge in [0.05, 0.1) is 22.6 Å². The molecule has 0 unspecified atom stereocenters. The predicted molar refractivity (Wildman–Crippen MR) is 81.4 cm³/mol.